The van der Waals surface area contributed by atoms with E-state index in [1.54, 1.807) is 18.2 Å². The number of aromatic nitrogens is 1. The average Bonchev–Trinajstić information content (AvgIpc) is 2.80. The Morgan fingerprint density at radius 1 is 0.939 bits per heavy atom. The first-order chi connectivity index (χ1) is 15.8. The lowest BCUT2D eigenvalue weighted by Gasteiger charge is -2.15. The Morgan fingerprint density at radius 2 is 1.70 bits per heavy atom. The van der Waals surface area contributed by atoms with Crippen LogP contribution in [-0.4, -0.2) is 37.1 Å². The third-order valence-corrected chi connectivity index (χ3v) is 4.41. The molecule has 0 fully saturated rings. The number of amides is 2. The fourth-order valence-corrected chi connectivity index (χ4v) is 2.80. The molecule has 2 N–H and O–H groups in total. The third-order valence-electron chi connectivity index (χ3n) is 4.41. The molecule has 1 heterocycles. The zero-order valence-corrected chi connectivity index (χ0v) is 17.5. The number of methoxy groups -OCH3 is 1. The predicted molar refractivity (Wildman–Crippen MR) is 115 cm³/mol. The van der Waals surface area contributed by atoms with Crippen LogP contribution in [0.3, 0.4) is 0 Å². The van der Waals surface area contributed by atoms with Gasteiger partial charge in [0.25, 0.3) is 11.8 Å². The summed E-state index contributed by atoms with van der Waals surface area (Å²) in [4.78, 5) is 28.9. The monoisotopic (exact) mass is 459 g/mol. The van der Waals surface area contributed by atoms with E-state index in [0.29, 0.717) is 11.3 Å². The molecular weight excluding hydrogens is 439 g/mol. The molecule has 0 unspecified atom stereocenters. The molecule has 7 nitrogen and oxygen atoms in total. The molecule has 172 valence electrons. The van der Waals surface area contributed by atoms with Crippen LogP contribution < -0.4 is 15.4 Å². The summed E-state index contributed by atoms with van der Waals surface area (Å²) >= 11 is 0. The molecule has 0 saturated carbocycles. The van der Waals surface area contributed by atoms with Crippen LogP contribution in [0.25, 0.3) is 0 Å². The van der Waals surface area contributed by atoms with Crippen LogP contribution in [0.4, 0.5) is 24.5 Å². The molecule has 33 heavy (non-hydrogen) atoms. The van der Waals surface area contributed by atoms with Gasteiger partial charge in [0.2, 0.25) is 0 Å². The van der Waals surface area contributed by atoms with Gasteiger partial charge in [-0.3, -0.25) is 14.6 Å². The van der Waals surface area contributed by atoms with Crippen molar-refractivity contribution in [2.24, 2.45) is 0 Å². The summed E-state index contributed by atoms with van der Waals surface area (Å²) in [5, 5.41) is 5.10. The van der Waals surface area contributed by atoms with E-state index >= 15 is 0 Å². The highest BCUT2D eigenvalue weighted by atomic mass is 19.4. The second-order valence-electron chi connectivity index (χ2n) is 6.78. The fraction of sp³-hybridized carbons (Fsp3) is 0.174. The molecule has 0 bridgehead atoms. The second kappa shape index (κ2) is 10.6. The number of hydrogen-bond donors (Lipinski definition) is 2. The van der Waals surface area contributed by atoms with Gasteiger partial charge in [0.15, 0.2) is 0 Å². The maximum Gasteiger partial charge on any atom is 0.416 e. The van der Waals surface area contributed by atoms with E-state index in [2.05, 4.69) is 15.6 Å². The van der Waals surface area contributed by atoms with Crippen molar-refractivity contribution in [3.63, 3.8) is 0 Å². The standard InChI is InChI=1S/C23H20F3N3O4/c1-32-10-11-33-20-8-7-17(23(24,25)26)13-19(20)29-21(30)15-4-2-6-18(12-15)28-22(31)16-5-3-9-27-14-16/h2-9,12-14H,10-11H2,1H3,(H,28,31)(H,29,30). The SMILES string of the molecule is COCCOc1ccc(C(F)(F)F)cc1NC(=O)c1cccc(NC(=O)c2cccnc2)c1. The highest BCUT2D eigenvalue weighted by molar-refractivity contribution is 6.07. The summed E-state index contributed by atoms with van der Waals surface area (Å²) in [6.45, 7) is 0.299. The number of pyridine rings is 1. The number of carbonyl (C=O) groups is 2. The lowest BCUT2D eigenvalue weighted by Crippen LogP contribution is -2.16. The normalized spacial score (nSPS) is 11.0. The van der Waals surface area contributed by atoms with Crippen LogP contribution in [0.15, 0.2) is 67.0 Å². The molecule has 0 aliphatic carbocycles. The van der Waals surface area contributed by atoms with Gasteiger partial charge in [-0.05, 0) is 48.5 Å². The van der Waals surface area contributed by atoms with Gasteiger partial charge in [-0.25, -0.2) is 0 Å². The van der Waals surface area contributed by atoms with Gasteiger partial charge in [0.05, 0.1) is 23.4 Å². The number of rotatable bonds is 8. The van der Waals surface area contributed by atoms with Crippen molar-refractivity contribution in [3.05, 3.63) is 83.7 Å². The fourth-order valence-electron chi connectivity index (χ4n) is 2.80. The topological polar surface area (TPSA) is 89.5 Å². The first-order valence-corrected chi connectivity index (χ1v) is 9.73. The molecule has 10 heteroatoms. The van der Waals surface area contributed by atoms with Crippen molar-refractivity contribution in [2.45, 2.75) is 6.18 Å². The predicted octanol–water partition coefficient (Wildman–Crippen LogP) is 4.63. The molecule has 0 atom stereocenters. The number of halogens is 3. The van der Waals surface area contributed by atoms with Gasteiger partial charge in [-0.15, -0.1) is 0 Å². The number of nitrogens with zero attached hydrogens (tertiary/aromatic N) is 1. The van der Waals surface area contributed by atoms with Gasteiger partial charge < -0.3 is 20.1 Å². The lowest BCUT2D eigenvalue weighted by molar-refractivity contribution is -0.137. The van der Waals surface area contributed by atoms with E-state index in [1.165, 1.54) is 37.7 Å². The van der Waals surface area contributed by atoms with E-state index in [-0.39, 0.29) is 30.2 Å². The molecule has 0 aliphatic rings. The minimum Gasteiger partial charge on any atom is -0.489 e. The van der Waals surface area contributed by atoms with Gasteiger partial charge in [-0.1, -0.05) is 6.07 Å². The number of hydrogen-bond acceptors (Lipinski definition) is 5. The van der Waals surface area contributed by atoms with Crippen molar-refractivity contribution in [1.29, 1.82) is 0 Å². The molecule has 1 aromatic heterocycles. The number of alkyl halides is 3. The quantitative estimate of drug-likeness (QED) is 0.480. The van der Waals surface area contributed by atoms with Gasteiger partial charge in [0, 0.05) is 30.8 Å². The first kappa shape index (κ1) is 23.7. The second-order valence-corrected chi connectivity index (χ2v) is 6.78. The zero-order valence-electron chi connectivity index (χ0n) is 17.5. The molecule has 2 aromatic carbocycles. The number of anilines is 2. The zero-order chi connectivity index (χ0) is 23.8. The minimum absolute atomic E-state index is 0.0643. The lowest BCUT2D eigenvalue weighted by atomic mass is 10.1. The maximum atomic E-state index is 13.2. The smallest absolute Gasteiger partial charge is 0.416 e. The summed E-state index contributed by atoms with van der Waals surface area (Å²) in [5.74, 6) is -1.04. The minimum atomic E-state index is -4.60. The summed E-state index contributed by atoms with van der Waals surface area (Å²) in [6, 6.07) is 12.0. The Hall–Kier alpha value is -3.92. The highest BCUT2D eigenvalue weighted by Crippen LogP contribution is 2.35. The Balaban J connectivity index is 1.80. The van der Waals surface area contributed by atoms with Gasteiger partial charge in [-0.2, -0.15) is 13.2 Å². The number of benzene rings is 2. The maximum absolute atomic E-state index is 13.2. The van der Waals surface area contributed by atoms with E-state index < -0.39 is 23.6 Å². The molecule has 0 aliphatic heterocycles. The van der Waals surface area contributed by atoms with E-state index in [0.717, 1.165) is 18.2 Å². The number of carbonyl (C=O) groups excluding carboxylic acids is 2. The third kappa shape index (κ3) is 6.53. The van der Waals surface area contributed by atoms with E-state index in [4.69, 9.17) is 9.47 Å². The summed E-state index contributed by atoms with van der Waals surface area (Å²) in [7, 11) is 1.46. The van der Waals surface area contributed by atoms with Crippen molar-refractivity contribution in [3.8, 4) is 5.75 Å². The Labute approximate surface area is 187 Å². The Bertz CT molecular complexity index is 1120. The first-order valence-electron chi connectivity index (χ1n) is 9.73. The van der Waals surface area contributed by atoms with Crippen molar-refractivity contribution in [2.75, 3.05) is 31.0 Å². The van der Waals surface area contributed by atoms with Gasteiger partial charge >= 0.3 is 6.18 Å². The Kier molecular flexibility index (Phi) is 7.62. The summed E-state index contributed by atoms with van der Waals surface area (Å²) in [6.07, 6.45) is -1.67. The highest BCUT2D eigenvalue weighted by Gasteiger charge is 2.31. The number of nitrogens with one attached hydrogen (secondary N) is 2. The molecule has 0 radical (unpaired) electrons. The molecule has 2 amide bonds. The van der Waals surface area contributed by atoms with Crippen LogP contribution in [0.5, 0.6) is 5.75 Å². The van der Waals surface area contributed by atoms with Crippen LogP contribution in [0, 0.1) is 0 Å². The van der Waals surface area contributed by atoms with Crippen LogP contribution in [-0.2, 0) is 10.9 Å². The number of ether oxygens (including phenoxy) is 2. The molecular formula is C23H20F3N3O4. The molecule has 0 saturated heterocycles. The largest absolute Gasteiger partial charge is 0.489 e. The summed E-state index contributed by atoms with van der Waals surface area (Å²) < 4.78 is 49.8. The van der Waals surface area contributed by atoms with E-state index in [1.807, 2.05) is 0 Å². The molecule has 3 aromatic rings. The van der Waals surface area contributed by atoms with Crippen molar-refractivity contribution < 1.29 is 32.2 Å². The average molecular weight is 459 g/mol. The van der Waals surface area contributed by atoms with Crippen LogP contribution in [0.2, 0.25) is 0 Å². The molecule has 3 rings (SSSR count). The van der Waals surface area contributed by atoms with Crippen LogP contribution in [0.1, 0.15) is 26.3 Å². The van der Waals surface area contributed by atoms with Crippen molar-refractivity contribution >= 4 is 23.2 Å². The van der Waals surface area contributed by atoms with E-state index in [9.17, 15) is 22.8 Å². The Morgan fingerprint density at radius 3 is 2.39 bits per heavy atom. The van der Waals surface area contributed by atoms with Crippen LogP contribution >= 0.6 is 0 Å². The summed E-state index contributed by atoms with van der Waals surface area (Å²) in [5.41, 5.74) is -0.296. The molecule has 0 spiro atoms. The van der Waals surface area contributed by atoms with Crippen molar-refractivity contribution in [1.82, 2.24) is 4.98 Å². The van der Waals surface area contributed by atoms with Gasteiger partial charge in [0.1, 0.15) is 12.4 Å².